The van der Waals surface area contributed by atoms with Crippen LogP contribution in [0.5, 0.6) is 0 Å². The van der Waals surface area contributed by atoms with E-state index >= 15 is 0 Å². The Morgan fingerprint density at radius 2 is 1.95 bits per heavy atom. The molecular formula is C16H22ClNO3. The van der Waals surface area contributed by atoms with Crippen molar-refractivity contribution in [3.05, 3.63) is 34.9 Å². The van der Waals surface area contributed by atoms with Crippen LogP contribution in [-0.2, 0) is 9.53 Å². The van der Waals surface area contributed by atoms with Gasteiger partial charge in [-0.1, -0.05) is 49.9 Å². The number of hydrogen-bond donors (Lipinski definition) is 1. The molecule has 4 nitrogen and oxygen atoms in total. The fourth-order valence-corrected chi connectivity index (χ4v) is 2.03. The summed E-state index contributed by atoms with van der Waals surface area (Å²) in [6.45, 7) is 2.84. The Kier molecular flexibility index (Phi) is 8.51. The van der Waals surface area contributed by atoms with Gasteiger partial charge in [0, 0.05) is 6.54 Å². The van der Waals surface area contributed by atoms with Gasteiger partial charge in [0.25, 0.3) is 5.91 Å². The van der Waals surface area contributed by atoms with Gasteiger partial charge in [0.2, 0.25) is 0 Å². The summed E-state index contributed by atoms with van der Waals surface area (Å²) in [6, 6.07) is 6.80. The number of esters is 1. The third kappa shape index (κ3) is 7.14. The minimum Gasteiger partial charge on any atom is -0.466 e. The van der Waals surface area contributed by atoms with E-state index in [-0.39, 0.29) is 24.8 Å². The first-order valence-corrected chi connectivity index (χ1v) is 7.71. The number of unbranched alkanes of at least 4 members (excludes halogenated alkanes) is 3. The summed E-state index contributed by atoms with van der Waals surface area (Å²) in [5.41, 5.74) is 0.409. The standard InChI is InChI=1S/C16H22ClNO3/c1-2-3-4-7-12-21-15(19)10-11-18-16(20)13-8-5-6-9-14(13)17/h5-6,8-9H,2-4,7,10-12H2,1H3,(H,18,20). The first kappa shape index (κ1) is 17.5. The second-order valence-corrected chi connectivity index (χ2v) is 5.17. The fourth-order valence-electron chi connectivity index (χ4n) is 1.81. The molecule has 0 saturated heterocycles. The highest BCUT2D eigenvalue weighted by atomic mass is 35.5. The van der Waals surface area contributed by atoms with Crippen LogP contribution in [0.1, 0.15) is 49.4 Å². The van der Waals surface area contributed by atoms with Crippen molar-refractivity contribution in [2.24, 2.45) is 0 Å². The van der Waals surface area contributed by atoms with Gasteiger partial charge in [-0.15, -0.1) is 0 Å². The molecule has 0 aliphatic heterocycles. The maximum absolute atomic E-state index is 11.8. The average Bonchev–Trinajstić information content (AvgIpc) is 2.47. The van der Waals surface area contributed by atoms with E-state index in [1.165, 1.54) is 0 Å². The monoisotopic (exact) mass is 311 g/mol. The van der Waals surface area contributed by atoms with Crippen molar-refractivity contribution < 1.29 is 14.3 Å². The largest absolute Gasteiger partial charge is 0.466 e. The summed E-state index contributed by atoms with van der Waals surface area (Å²) in [5.74, 6) is -0.567. The maximum atomic E-state index is 11.8. The molecule has 0 unspecified atom stereocenters. The Morgan fingerprint density at radius 1 is 1.19 bits per heavy atom. The minimum absolute atomic E-state index is 0.171. The lowest BCUT2D eigenvalue weighted by atomic mass is 10.2. The molecule has 0 fully saturated rings. The molecular weight excluding hydrogens is 290 g/mol. The van der Waals surface area contributed by atoms with E-state index in [0.717, 1.165) is 25.7 Å². The molecule has 0 saturated carbocycles. The Balaban J connectivity index is 2.17. The van der Waals surface area contributed by atoms with Crippen molar-refractivity contribution in [3.8, 4) is 0 Å². The Morgan fingerprint density at radius 3 is 2.67 bits per heavy atom. The molecule has 1 aromatic carbocycles. The lowest BCUT2D eigenvalue weighted by molar-refractivity contribution is -0.143. The number of amides is 1. The molecule has 0 spiro atoms. The average molecular weight is 312 g/mol. The molecule has 1 amide bonds. The topological polar surface area (TPSA) is 55.4 Å². The molecule has 0 heterocycles. The Labute approximate surface area is 130 Å². The van der Waals surface area contributed by atoms with E-state index in [4.69, 9.17) is 16.3 Å². The van der Waals surface area contributed by atoms with E-state index in [9.17, 15) is 9.59 Å². The van der Waals surface area contributed by atoms with Crippen LogP contribution in [0.15, 0.2) is 24.3 Å². The quantitative estimate of drug-likeness (QED) is 0.560. The molecule has 0 aliphatic rings. The normalized spacial score (nSPS) is 10.2. The van der Waals surface area contributed by atoms with Crippen LogP contribution in [0.25, 0.3) is 0 Å². The van der Waals surface area contributed by atoms with Gasteiger partial charge in [-0.05, 0) is 18.6 Å². The number of ether oxygens (including phenoxy) is 1. The molecule has 0 aromatic heterocycles. The van der Waals surface area contributed by atoms with Crippen molar-refractivity contribution in [1.29, 1.82) is 0 Å². The highest BCUT2D eigenvalue weighted by molar-refractivity contribution is 6.33. The zero-order chi connectivity index (χ0) is 15.5. The number of nitrogens with one attached hydrogen (secondary N) is 1. The molecule has 0 aliphatic carbocycles. The van der Waals surface area contributed by atoms with Crippen LogP contribution in [0.2, 0.25) is 5.02 Å². The van der Waals surface area contributed by atoms with E-state index in [1.54, 1.807) is 24.3 Å². The summed E-state index contributed by atoms with van der Waals surface area (Å²) in [7, 11) is 0. The van der Waals surface area contributed by atoms with E-state index in [1.807, 2.05) is 0 Å². The predicted octanol–water partition coefficient (Wildman–Crippen LogP) is 3.58. The highest BCUT2D eigenvalue weighted by Crippen LogP contribution is 2.14. The van der Waals surface area contributed by atoms with Crippen LogP contribution in [0.4, 0.5) is 0 Å². The molecule has 0 bridgehead atoms. The van der Waals surface area contributed by atoms with Crippen LogP contribution < -0.4 is 5.32 Å². The van der Waals surface area contributed by atoms with Gasteiger partial charge >= 0.3 is 5.97 Å². The molecule has 5 heteroatoms. The summed E-state index contributed by atoms with van der Waals surface area (Å²) in [6.07, 6.45) is 4.45. The van der Waals surface area contributed by atoms with Crippen molar-refractivity contribution in [1.82, 2.24) is 5.32 Å². The van der Waals surface area contributed by atoms with Crippen LogP contribution in [-0.4, -0.2) is 25.0 Å². The third-order valence-electron chi connectivity index (χ3n) is 2.99. The zero-order valence-corrected chi connectivity index (χ0v) is 13.1. The van der Waals surface area contributed by atoms with E-state index in [0.29, 0.717) is 17.2 Å². The van der Waals surface area contributed by atoms with Crippen LogP contribution in [0.3, 0.4) is 0 Å². The van der Waals surface area contributed by atoms with Gasteiger partial charge in [0.1, 0.15) is 0 Å². The van der Waals surface area contributed by atoms with Gasteiger partial charge in [0.15, 0.2) is 0 Å². The zero-order valence-electron chi connectivity index (χ0n) is 12.4. The number of carbonyl (C=O) groups is 2. The second kappa shape index (κ2) is 10.2. The van der Waals surface area contributed by atoms with Crippen molar-refractivity contribution in [2.75, 3.05) is 13.2 Å². The molecule has 0 atom stereocenters. The lowest BCUT2D eigenvalue weighted by Crippen LogP contribution is -2.26. The van der Waals surface area contributed by atoms with Crippen LogP contribution >= 0.6 is 11.6 Å². The Bertz CT molecular complexity index is 463. The van der Waals surface area contributed by atoms with Gasteiger partial charge in [-0.25, -0.2) is 0 Å². The summed E-state index contributed by atoms with van der Waals surface area (Å²) in [5, 5.41) is 3.05. The number of benzene rings is 1. The number of carbonyl (C=O) groups excluding carboxylic acids is 2. The van der Waals surface area contributed by atoms with Crippen molar-refractivity contribution in [3.63, 3.8) is 0 Å². The SMILES string of the molecule is CCCCCCOC(=O)CCNC(=O)c1ccccc1Cl. The first-order chi connectivity index (χ1) is 10.1. The predicted molar refractivity (Wildman–Crippen MR) is 83.5 cm³/mol. The highest BCUT2D eigenvalue weighted by Gasteiger charge is 2.10. The number of hydrogen-bond acceptors (Lipinski definition) is 3. The van der Waals surface area contributed by atoms with E-state index in [2.05, 4.69) is 12.2 Å². The fraction of sp³-hybridized carbons (Fsp3) is 0.500. The molecule has 21 heavy (non-hydrogen) atoms. The third-order valence-corrected chi connectivity index (χ3v) is 3.32. The van der Waals surface area contributed by atoms with Gasteiger partial charge in [0.05, 0.1) is 23.6 Å². The molecule has 1 rings (SSSR count). The van der Waals surface area contributed by atoms with Gasteiger partial charge in [-0.2, -0.15) is 0 Å². The number of halogens is 1. The maximum Gasteiger partial charge on any atom is 0.307 e. The molecule has 0 radical (unpaired) electrons. The lowest BCUT2D eigenvalue weighted by Gasteiger charge is -2.07. The summed E-state index contributed by atoms with van der Waals surface area (Å²) < 4.78 is 5.08. The first-order valence-electron chi connectivity index (χ1n) is 7.33. The molecule has 1 aromatic rings. The van der Waals surface area contributed by atoms with Gasteiger partial charge in [-0.3, -0.25) is 9.59 Å². The van der Waals surface area contributed by atoms with Crippen molar-refractivity contribution in [2.45, 2.75) is 39.0 Å². The van der Waals surface area contributed by atoms with Crippen LogP contribution in [0, 0.1) is 0 Å². The molecule has 116 valence electrons. The van der Waals surface area contributed by atoms with Gasteiger partial charge < -0.3 is 10.1 Å². The molecule has 1 N–H and O–H groups in total. The number of rotatable bonds is 9. The summed E-state index contributed by atoms with van der Waals surface area (Å²) >= 11 is 5.92. The smallest absolute Gasteiger partial charge is 0.307 e. The second-order valence-electron chi connectivity index (χ2n) is 4.77. The van der Waals surface area contributed by atoms with Crippen molar-refractivity contribution >= 4 is 23.5 Å². The minimum atomic E-state index is -0.286. The van der Waals surface area contributed by atoms with E-state index < -0.39 is 0 Å². The Hall–Kier alpha value is -1.55. The summed E-state index contributed by atoms with van der Waals surface area (Å²) in [4.78, 5) is 23.3.